The molecule has 30 heavy (non-hydrogen) atoms. The van der Waals surface area contributed by atoms with Crippen LogP contribution in [0.25, 0.3) is 0 Å². The molecule has 1 aliphatic heterocycles. The van der Waals surface area contributed by atoms with Gasteiger partial charge in [-0.2, -0.15) is 5.10 Å². The topological polar surface area (TPSA) is 76.4 Å². The fourth-order valence-electron chi connectivity index (χ4n) is 3.41. The van der Waals surface area contributed by atoms with Crippen LogP contribution in [0.5, 0.6) is 11.5 Å². The lowest BCUT2D eigenvalue weighted by atomic mass is 10.1. The number of benzene rings is 2. The third kappa shape index (κ3) is 5.50. The molecule has 1 aliphatic rings. The van der Waals surface area contributed by atoms with Crippen molar-refractivity contribution >= 4 is 29.9 Å². The fourth-order valence-corrected chi connectivity index (χ4v) is 3.41. The molecule has 7 nitrogen and oxygen atoms in total. The van der Waals surface area contributed by atoms with Crippen molar-refractivity contribution < 1.29 is 4.74 Å². The highest BCUT2D eigenvalue weighted by Crippen LogP contribution is 2.25. The number of aryl methyl sites for hydroxylation is 2. The molecule has 0 spiro atoms. The summed E-state index contributed by atoms with van der Waals surface area (Å²) in [5, 5.41) is 11.2. The Labute approximate surface area is 194 Å². The lowest BCUT2D eigenvalue weighted by Crippen LogP contribution is -2.46. The number of guanidine groups is 1. The average molecular weight is 518 g/mol. The molecule has 0 saturated heterocycles. The maximum absolute atomic E-state index is 6.09. The van der Waals surface area contributed by atoms with E-state index in [0.29, 0.717) is 6.54 Å². The highest BCUT2D eigenvalue weighted by Gasteiger charge is 2.20. The Morgan fingerprint density at radius 1 is 1.20 bits per heavy atom. The first-order chi connectivity index (χ1) is 14.2. The smallest absolute Gasteiger partial charge is 0.191 e. The van der Waals surface area contributed by atoms with Crippen LogP contribution in [0.3, 0.4) is 0 Å². The van der Waals surface area contributed by atoms with Crippen LogP contribution in [0.2, 0.25) is 0 Å². The summed E-state index contributed by atoms with van der Waals surface area (Å²) in [6, 6.07) is 16.4. The Bertz CT molecular complexity index is 985. The van der Waals surface area contributed by atoms with Gasteiger partial charge in [0.25, 0.3) is 0 Å². The molecule has 8 heteroatoms. The summed E-state index contributed by atoms with van der Waals surface area (Å²) in [7, 11) is 1.79. The summed E-state index contributed by atoms with van der Waals surface area (Å²) >= 11 is 0. The number of nitrogens with zero attached hydrogens (tertiary/aromatic N) is 4. The van der Waals surface area contributed by atoms with E-state index in [2.05, 4.69) is 38.7 Å². The number of hydrogen-bond donors (Lipinski definition) is 2. The van der Waals surface area contributed by atoms with Crippen LogP contribution in [0, 0.1) is 6.92 Å². The van der Waals surface area contributed by atoms with Crippen LogP contribution < -0.4 is 15.4 Å². The quantitative estimate of drug-likeness (QED) is 0.306. The summed E-state index contributed by atoms with van der Waals surface area (Å²) in [4.78, 5) is 8.65. The molecular weight excluding hydrogens is 491 g/mol. The first-order valence-corrected chi connectivity index (χ1v) is 9.87. The van der Waals surface area contributed by atoms with Crippen LogP contribution >= 0.6 is 24.0 Å². The van der Waals surface area contributed by atoms with Crippen LogP contribution in [-0.4, -0.2) is 33.8 Å². The van der Waals surface area contributed by atoms with Gasteiger partial charge >= 0.3 is 0 Å². The van der Waals surface area contributed by atoms with Crippen molar-refractivity contribution in [2.75, 3.05) is 7.05 Å². The number of nitrogens with one attached hydrogen (secondary N) is 2. The fraction of sp³-hybridized carbons (Fsp3) is 0.318. The van der Waals surface area contributed by atoms with E-state index in [1.165, 1.54) is 5.56 Å². The summed E-state index contributed by atoms with van der Waals surface area (Å²) in [5.41, 5.74) is 2.28. The normalized spacial score (nSPS) is 15.7. The molecule has 0 saturated carbocycles. The number of hydrogen-bond acceptors (Lipinski definition) is 4. The molecule has 4 rings (SSSR count). The molecule has 1 aromatic heterocycles. The number of halogens is 1. The molecule has 158 valence electrons. The van der Waals surface area contributed by atoms with E-state index in [0.717, 1.165) is 48.2 Å². The van der Waals surface area contributed by atoms with E-state index in [-0.39, 0.29) is 30.0 Å². The zero-order valence-corrected chi connectivity index (χ0v) is 19.5. The van der Waals surface area contributed by atoms with Crippen LogP contribution in [0.4, 0.5) is 0 Å². The predicted octanol–water partition coefficient (Wildman–Crippen LogP) is 3.68. The minimum absolute atomic E-state index is 0. The van der Waals surface area contributed by atoms with Crippen molar-refractivity contribution in [2.24, 2.45) is 4.99 Å². The van der Waals surface area contributed by atoms with Gasteiger partial charge in [0.15, 0.2) is 5.96 Å². The molecule has 2 N–H and O–H groups in total. The maximum Gasteiger partial charge on any atom is 0.191 e. The Morgan fingerprint density at radius 2 is 2.00 bits per heavy atom. The van der Waals surface area contributed by atoms with Gasteiger partial charge in [-0.05, 0) is 31.5 Å². The first-order valence-electron chi connectivity index (χ1n) is 9.87. The van der Waals surface area contributed by atoms with E-state index in [9.17, 15) is 0 Å². The van der Waals surface area contributed by atoms with Gasteiger partial charge in [-0.25, -0.2) is 9.67 Å². The summed E-state index contributed by atoms with van der Waals surface area (Å²) in [6.07, 6.45) is 3.55. The number of aromatic nitrogens is 3. The zero-order chi connectivity index (χ0) is 20.1. The third-order valence-electron chi connectivity index (χ3n) is 5.04. The molecular formula is C22H27IN6O. The van der Waals surface area contributed by atoms with Gasteiger partial charge in [0.1, 0.15) is 23.7 Å². The van der Waals surface area contributed by atoms with Gasteiger partial charge in [0.2, 0.25) is 0 Å². The monoisotopic (exact) mass is 518 g/mol. The van der Waals surface area contributed by atoms with Gasteiger partial charge in [-0.3, -0.25) is 4.99 Å². The molecule has 3 aromatic rings. The molecule has 0 aliphatic carbocycles. The number of aliphatic imine (C=N–C) groups is 1. The number of rotatable bonds is 5. The van der Waals surface area contributed by atoms with Crippen molar-refractivity contribution in [3.8, 4) is 11.5 Å². The number of fused-ring (bicyclic) bond motifs is 1. The zero-order valence-electron chi connectivity index (χ0n) is 17.2. The lowest BCUT2D eigenvalue weighted by Gasteiger charge is -2.25. The van der Waals surface area contributed by atoms with Crippen molar-refractivity contribution in [1.29, 1.82) is 0 Å². The minimum atomic E-state index is 0. The Morgan fingerprint density at radius 3 is 2.80 bits per heavy atom. The van der Waals surface area contributed by atoms with E-state index in [1.807, 2.05) is 47.1 Å². The second-order valence-corrected chi connectivity index (χ2v) is 7.19. The number of para-hydroxylation sites is 1. The summed E-state index contributed by atoms with van der Waals surface area (Å²) < 4.78 is 8.05. The molecule has 0 bridgehead atoms. The molecule has 2 heterocycles. The summed E-state index contributed by atoms with van der Waals surface area (Å²) in [5.74, 6) is 3.48. The van der Waals surface area contributed by atoms with E-state index in [1.54, 1.807) is 13.4 Å². The van der Waals surface area contributed by atoms with E-state index in [4.69, 9.17) is 4.74 Å². The Kier molecular flexibility index (Phi) is 7.67. The average Bonchev–Trinajstić information content (AvgIpc) is 3.21. The van der Waals surface area contributed by atoms with Gasteiger partial charge in [0.05, 0.1) is 6.54 Å². The van der Waals surface area contributed by atoms with E-state index >= 15 is 0 Å². The minimum Gasteiger partial charge on any atom is -0.457 e. The molecule has 0 fully saturated rings. The van der Waals surface area contributed by atoms with Crippen LogP contribution in [0.15, 0.2) is 59.9 Å². The van der Waals surface area contributed by atoms with Gasteiger partial charge in [-0.1, -0.05) is 35.9 Å². The first kappa shape index (κ1) is 22.1. The molecule has 1 unspecified atom stereocenters. The maximum atomic E-state index is 6.09. The molecule has 2 aromatic carbocycles. The van der Waals surface area contributed by atoms with Crippen molar-refractivity contribution in [3.63, 3.8) is 0 Å². The molecule has 0 radical (unpaired) electrons. The van der Waals surface area contributed by atoms with Gasteiger partial charge in [0, 0.05) is 31.6 Å². The third-order valence-corrected chi connectivity index (χ3v) is 5.04. The highest BCUT2D eigenvalue weighted by molar-refractivity contribution is 14.0. The molecule has 0 amide bonds. The largest absolute Gasteiger partial charge is 0.457 e. The van der Waals surface area contributed by atoms with Crippen LogP contribution in [-0.2, 0) is 19.5 Å². The SMILES string of the molecule is CN=C(NCc1ccccc1Oc1ccc(C)cc1)NC1CCc2ncnn2C1.I. The van der Waals surface area contributed by atoms with Crippen molar-refractivity contribution in [2.45, 2.75) is 38.9 Å². The van der Waals surface area contributed by atoms with Gasteiger partial charge in [-0.15, -0.1) is 24.0 Å². The predicted molar refractivity (Wildman–Crippen MR) is 129 cm³/mol. The lowest BCUT2D eigenvalue weighted by molar-refractivity contribution is 0.392. The summed E-state index contributed by atoms with van der Waals surface area (Å²) in [6.45, 7) is 3.47. The van der Waals surface area contributed by atoms with Gasteiger partial charge < -0.3 is 15.4 Å². The highest BCUT2D eigenvalue weighted by atomic mass is 127. The Hall–Kier alpha value is -2.62. The van der Waals surface area contributed by atoms with E-state index < -0.39 is 0 Å². The van der Waals surface area contributed by atoms with Crippen LogP contribution in [0.1, 0.15) is 23.4 Å². The second kappa shape index (κ2) is 10.4. The second-order valence-electron chi connectivity index (χ2n) is 7.19. The Balaban J connectivity index is 0.00000256. The number of ether oxygens (including phenoxy) is 1. The van der Waals surface area contributed by atoms with Crippen molar-refractivity contribution in [3.05, 3.63) is 71.8 Å². The standard InChI is InChI=1S/C22H26N6O.HI/c1-16-7-10-19(11-8-16)29-20-6-4-3-5-17(20)13-24-22(23-2)27-18-9-12-21-25-15-26-28(21)14-18;/h3-8,10-11,15,18H,9,12-14H2,1-2H3,(H2,23,24,27);1H. The molecule has 1 atom stereocenters. The van der Waals surface area contributed by atoms with Crippen molar-refractivity contribution in [1.82, 2.24) is 25.4 Å².